The van der Waals surface area contributed by atoms with Gasteiger partial charge in [-0.25, -0.2) is 0 Å². The van der Waals surface area contributed by atoms with Gasteiger partial charge in [-0.2, -0.15) is 0 Å². The monoisotopic (exact) mass is 278 g/mol. The highest BCUT2D eigenvalue weighted by Gasteiger charge is 2.12. The molecule has 0 aliphatic rings. The lowest BCUT2D eigenvalue weighted by Gasteiger charge is -2.16. The van der Waals surface area contributed by atoms with Crippen LogP contribution in [-0.4, -0.2) is 19.1 Å². The van der Waals surface area contributed by atoms with E-state index < -0.39 is 0 Å². The fourth-order valence-electron chi connectivity index (χ4n) is 1.89. The molecule has 1 aromatic rings. The SMILES string of the molecule is CCCCNC(=O)COc1cc(C)c(N)cc1C(C)C. The van der Waals surface area contributed by atoms with Gasteiger partial charge in [-0.3, -0.25) is 4.79 Å². The molecule has 0 saturated carbocycles. The molecule has 0 unspecified atom stereocenters. The van der Waals surface area contributed by atoms with E-state index in [1.165, 1.54) is 0 Å². The number of rotatable bonds is 7. The number of benzene rings is 1. The molecule has 0 saturated heterocycles. The maximum absolute atomic E-state index is 11.7. The summed E-state index contributed by atoms with van der Waals surface area (Å²) in [4.78, 5) is 11.7. The molecule has 20 heavy (non-hydrogen) atoms. The largest absolute Gasteiger partial charge is 0.483 e. The number of anilines is 1. The molecule has 1 amide bonds. The van der Waals surface area contributed by atoms with Crippen LogP contribution in [0.25, 0.3) is 0 Å². The lowest BCUT2D eigenvalue weighted by atomic mass is 9.99. The number of unbranched alkanes of at least 4 members (excludes halogenated alkanes) is 1. The van der Waals surface area contributed by atoms with Gasteiger partial charge in [0.15, 0.2) is 6.61 Å². The van der Waals surface area contributed by atoms with Crippen molar-refractivity contribution < 1.29 is 9.53 Å². The first-order chi connectivity index (χ1) is 9.45. The normalized spacial score (nSPS) is 10.7. The number of nitrogen functional groups attached to an aromatic ring is 1. The lowest BCUT2D eigenvalue weighted by molar-refractivity contribution is -0.123. The molecule has 0 bridgehead atoms. The van der Waals surface area contributed by atoms with Crippen LogP contribution in [-0.2, 0) is 4.79 Å². The number of carbonyl (C=O) groups is 1. The molecule has 112 valence electrons. The molecule has 0 atom stereocenters. The first kappa shape index (κ1) is 16.3. The smallest absolute Gasteiger partial charge is 0.257 e. The first-order valence-electron chi connectivity index (χ1n) is 7.25. The van der Waals surface area contributed by atoms with Crippen LogP contribution in [0.1, 0.15) is 50.7 Å². The molecular formula is C16H26N2O2. The standard InChI is InChI=1S/C16H26N2O2/c1-5-6-7-18-16(19)10-20-15-8-12(4)14(17)9-13(15)11(2)3/h8-9,11H,5-7,10,17H2,1-4H3,(H,18,19). The van der Waals surface area contributed by atoms with Gasteiger partial charge >= 0.3 is 0 Å². The van der Waals surface area contributed by atoms with Crippen LogP contribution >= 0.6 is 0 Å². The second-order valence-corrected chi connectivity index (χ2v) is 5.39. The summed E-state index contributed by atoms with van der Waals surface area (Å²) < 4.78 is 5.66. The predicted octanol–water partition coefficient (Wildman–Crippen LogP) is 3.00. The summed E-state index contributed by atoms with van der Waals surface area (Å²) >= 11 is 0. The van der Waals surface area contributed by atoms with Crippen molar-refractivity contribution in [1.82, 2.24) is 5.32 Å². The Morgan fingerprint density at radius 2 is 2.10 bits per heavy atom. The Labute approximate surface area is 121 Å². The fraction of sp³-hybridized carbons (Fsp3) is 0.562. The molecule has 1 rings (SSSR count). The van der Waals surface area contributed by atoms with E-state index in [2.05, 4.69) is 26.1 Å². The first-order valence-corrected chi connectivity index (χ1v) is 7.25. The topological polar surface area (TPSA) is 64.3 Å². The molecule has 1 aromatic carbocycles. The van der Waals surface area contributed by atoms with Crippen molar-refractivity contribution in [3.05, 3.63) is 23.3 Å². The Morgan fingerprint density at radius 3 is 2.70 bits per heavy atom. The molecule has 0 fully saturated rings. The van der Waals surface area contributed by atoms with E-state index in [0.717, 1.165) is 35.4 Å². The lowest BCUT2D eigenvalue weighted by Crippen LogP contribution is -2.29. The van der Waals surface area contributed by atoms with E-state index in [-0.39, 0.29) is 12.5 Å². The minimum Gasteiger partial charge on any atom is -0.483 e. The van der Waals surface area contributed by atoms with Crippen LogP contribution in [0.2, 0.25) is 0 Å². The summed E-state index contributed by atoms with van der Waals surface area (Å²) in [5, 5.41) is 2.84. The Balaban J connectivity index is 2.67. The van der Waals surface area contributed by atoms with Crippen LogP contribution in [0.5, 0.6) is 5.75 Å². The van der Waals surface area contributed by atoms with Gasteiger partial charge in [0.1, 0.15) is 5.75 Å². The summed E-state index contributed by atoms with van der Waals surface area (Å²) in [6.07, 6.45) is 2.06. The van der Waals surface area contributed by atoms with E-state index in [1.54, 1.807) is 0 Å². The number of amides is 1. The summed E-state index contributed by atoms with van der Waals surface area (Å²) in [6.45, 7) is 8.95. The van der Waals surface area contributed by atoms with Gasteiger partial charge in [0.2, 0.25) is 0 Å². The Bertz CT molecular complexity index is 456. The van der Waals surface area contributed by atoms with Gasteiger partial charge in [-0.1, -0.05) is 27.2 Å². The molecule has 0 spiro atoms. The molecule has 0 aliphatic heterocycles. The average Bonchev–Trinajstić information content (AvgIpc) is 2.39. The number of hydrogen-bond donors (Lipinski definition) is 2. The molecule has 0 heterocycles. The number of hydrogen-bond acceptors (Lipinski definition) is 3. The Kier molecular flexibility index (Phi) is 6.36. The molecule has 4 nitrogen and oxygen atoms in total. The van der Waals surface area contributed by atoms with Crippen LogP contribution in [0.3, 0.4) is 0 Å². The van der Waals surface area contributed by atoms with Crippen LogP contribution < -0.4 is 15.8 Å². The van der Waals surface area contributed by atoms with Gasteiger partial charge in [0.05, 0.1) is 0 Å². The van der Waals surface area contributed by atoms with Gasteiger partial charge in [-0.15, -0.1) is 0 Å². The minimum absolute atomic E-state index is 0.0484. The third kappa shape index (κ3) is 4.76. The van der Waals surface area contributed by atoms with E-state index in [0.29, 0.717) is 12.5 Å². The highest BCUT2D eigenvalue weighted by Crippen LogP contribution is 2.30. The van der Waals surface area contributed by atoms with Crippen LogP contribution in [0.4, 0.5) is 5.69 Å². The quantitative estimate of drug-likeness (QED) is 0.595. The van der Waals surface area contributed by atoms with Gasteiger partial charge < -0.3 is 15.8 Å². The van der Waals surface area contributed by atoms with E-state index in [9.17, 15) is 4.79 Å². The van der Waals surface area contributed by atoms with Gasteiger partial charge in [-0.05, 0) is 42.5 Å². The highest BCUT2D eigenvalue weighted by molar-refractivity contribution is 5.77. The van der Waals surface area contributed by atoms with Crippen molar-refractivity contribution in [2.75, 3.05) is 18.9 Å². The molecule has 0 radical (unpaired) electrons. The number of nitrogens with two attached hydrogens (primary N) is 1. The molecule has 0 aromatic heterocycles. The Morgan fingerprint density at radius 1 is 1.40 bits per heavy atom. The summed E-state index contributed by atoms with van der Waals surface area (Å²) in [5.74, 6) is 0.969. The maximum Gasteiger partial charge on any atom is 0.257 e. The average molecular weight is 278 g/mol. The number of carbonyl (C=O) groups excluding carboxylic acids is 1. The van der Waals surface area contributed by atoms with Crippen molar-refractivity contribution in [3.63, 3.8) is 0 Å². The summed E-state index contributed by atoms with van der Waals surface area (Å²) in [6, 6.07) is 3.84. The third-order valence-electron chi connectivity index (χ3n) is 3.23. The van der Waals surface area contributed by atoms with E-state index >= 15 is 0 Å². The highest BCUT2D eigenvalue weighted by atomic mass is 16.5. The summed E-state index contributed by atoms with van der Waals surface area (Å²) in [5.41, 5.74) is 8.69. The van der Waals surface area contributed by atoms with Crippen molar-refractivity contribution >= 4 is 11.6 Å². The summed E-state index contributed by atoms with van der Waals surface area (Å²) in [7, 11) is 0. The number of ether oxygens (including phenoxy) is 1. The zero-order valence-electron chi connectivity index (χ0n) is 13.0. The van der Waals surface area contributed by atoms with Crippen molar-refractivity contribution in [1.29, 1.82) is 0 Å². The van der Waals surface area contributed by atoms with Crippen LogP contribution in [0, 0.1) is 6.92 Å². The van der Waals surface area contributed by atoms with Crippen molar-refractivity contribution in [2.24, 2.45) is 0 Å². The fourth-order valence-corrected chi connectivity index (χ4v) is 1.89. The predicted molar refractivity (Wildman–Crippen MR) is 83.1 cm³/mol. The van der Waals surface area contributed by atoms with Crippen molar-refractivity contribution in [2.45, 2.75) is 46.5 Å². The molecule has 3 N–H and O–H groups in total. The minimum atomic E-state index is -0.0809. The van der Waals surface area contributed by atoms with Crippen molar-refractivity contribution in [3.8, 4) is 5.75 Å². The van der Waals surface area contributed by atoms with E-state index in [1.807, 2.05) is 19.1 Å². The molecular weight excluding hydrogens is 252 g/mol. The third-order valence-corrected chi connectivity index (χ3v) is 3.23. The maximum atomic E-state index is 11.7. The second-order valence-electron chi connectivity index (χ2n) is 5.39. The zero-order valence-corrected chi connectivity index (χ0v) is 13.0. The number of nitrogens with one attached hydrogen (secondary N) is 1. The second kappa shape index (κ2) is 7.78. The van der Waals surface area contributed by atoms with Gasteiger partial charge in [0, 0.05) is 12.2 Å². The zero-order chi connectivity index (χ0) is 15.1. The number of aryl methyl sites for hydroxylation is 1. The molecule has 0 aliphatic carbocycles. The Hall–Kier alpha value is -1.71. The van der Waals surface area contributed by atoms with Gasteiger partial charge in [0.25, 0.3) is 5.91 Å². The van der Waals surface area contributed by atoms with Crippen LogP contribution in [0.15, 0.2) is 12.1 Å². The van der Waals surface area contributed by atoms with E-state index in [4.69, 9.17) is 10.5 Å². The molecule has 4 heteroatoms.